The maximum Gasteiger partial charge on any atom is 0.157 e. The number of nitrogens with one attached hydrogen (secondary N) is 1. The van der Waals surface area contributed by atoms with Gasteiger partial charge in [0.15, 0.2) is 5.17 Å². The maximum atomic E-state index is 4.58. The molecule has 0 fully saturated rings. The van der Waals surface area contributed by atoms with Crippen molar-refractivity contribution in [1.29, 1.82) is 0 Å². The Hall–Kier alpha value is -0.000000000000000111. The topological polar surface area (TPSA) is 24.4 Å². The zero-order chi connectivity index (χ0) is 13.2. The molecule has 5 heteroatoms. The minimum Gasteiger partial charge on any atom is -0.360 e. The molecule has 1 atom stereocenters. The van der Waals surface area contributed by atoms with Gasteiger partial charge >= 0.3 is 0 Å². The molecular formula is C13H19BrN2S2. The Kier molecular flexibility index (Phi) is 4.78. The van der Waals surface area contributed by atoms with E-state index < -0.39 is 0 Å². The Balaban J connectivity index is 1.76. The fraction of sp³-hybridized carbons (Fsp3) is 0.615. The van der Waals surface area contributed by atoms with E-state index in [2.05, 4.69) is 59.1 Å². The molecule has 1 N–H and O–H groups in total. The van der Waals surface area contributed by atoms with Crippen molar-refractivity contribution in [2.75, 3.05) is 6.54 Å². The van der Waals surface area contributed by atoms with Crippen molar-refractivity contribution < 1.29 is 0 Å². The molecule has 1 aromatic rings. The molecule has 1 aliphatic rings. The second-order valence-corrected chi connectivity index (χ2v) is 9.55. The zero-order valence-electron chi connectivity index (χ0n) is 11.0. The van der Waals surface area contributed by atoms with Gasteiger partial charge in [-0.05, 0) is 39.9 Å². The Morgan fingerprint density at radius 2 is 2.22 bits per heavy atom. The molecule has 1 aliphatic heterocycles. The predicted octanol–water partition coefficient (Wildman–Crippen LogP) is 4.51. The van der Waals surface area contributed by atoms with Gasteiger partial charge < -0.3 is 5.32 Å². The van der Waals surface area contributed by atoms with E-state index in [0.29, 0.717) is 10.7 Å². The molecule has 100 valence electrons. The molecule has 0 bridgehead atoms. The van der Waals surface area contributed by atoms with Gasteiger partial charge in [0.1, 0.15) is 0 Å². The molecule has 0 spiro atoms. The van der Waals surface area contributed by atoms with E-state index in [0.717, 1.165) is 18.3 Å². The van der Waals surface area contributed by atoms with Crippen molar-refractivity contribution in [3.05, 3.63) is 20.8 Å². The Morgan fingerprint density at radius 3 is 2.83 bits per heavy atom. The quantitative estimate of drug-likeness (QED) is 0.870. The number of thioether (sulfide) groups is 1. The molecule has 0 aliphatic carbocycles. The van der Waals surface area contributed by atoms with E-state index in [4.69, 9.17) is 0 Å². The van der Waals surface area contributed by atoms with E-state index in [9.17, 15) is 0 Å². The first kappa shape index (κ1) is 14.4. The van der Waals surface area contributed by atoms with E-state index in [1.807, 2.05) is 11.8 Å². The van der Waals surface area contributed by atoms with Gasteiger partial charge in [-0.25, -0.2) is 0 Å². The van der Waals surface area contributed by atoms with Crippen LogP contribution in [0.25, 0.3) is 0 Å². The summed E-state index contributed by atoms with van der Waals surface area (Å²) in [5, 5.41) is 5.18. The lowest BCUT2D eigenvalue weighted by Crippen LogP contribution is -2.20. The van der Waals surface area contributed by atoms with Gasteiger partial charge in [-0.3, -0.25) is 4.99 Å². The van der Waals surface area contributed by atoms with Gasteiger partial charge in [-0.1, -0.05) is 32.5 Å². The lowest BCUT2D eigenvalue weighted by molar-refractivity contribution is 0.375. The summed E-state index contributed by atoms with van der Waals surface area (Å²) in [7, 11) is 0. The summed E-state index contributed by atoms with van der Waals surface area (Å²) in [6, 6.07) is 4.24. The summed E-state index contributed by atoms with van der Waals surface area (Å²) >= 11 is 7.15. The fourth-order valence-electron chi connectivity index (χ4n) is 1.91. The predicted molar refractivity (Wildman–Crippen MR) is 86.6 cm³/mol. The molecule has 1 aromatic heterocycles. The molecule has 2 nitrogen and oxygen atoms in total. The SMILES string of the molecule is CC(C)(C)CC1CN=C(NCc2ccc(Br)s2)S1. The first-order valence-corrected chi connectivity index (χ1v) is 8.60. The summed E-state index contributed by atoms with van der Waals surface area (Å²) in [5.74, 6) is 0. The third-order valence-electron chi connectivity index (χ3n) is 2.60. The summed E-state index contributed by atoms with van der Waals surface area (Å²) in [4.78, 5) is 5.92. The average Bonchev–Trinajstić information content (AvgIpc) is 2.82. The van der Waals surface area contributed by atoms with Crippen LogP contribution >= 0.6 is 39.0 Å². The largest absolute Gasteiger partial charge is 0.360 e. The van der Waals surface area contributed by atoms with Crippen molar-refractivity contribution in [3.8, 4) is 0 Å². The first-order valence-electron chi connectivity index (χ1n) is 6.11. The molecule has 0 saturated heterocycles. The average molecular weight is 347 g/mol. The van der Waals surface area contributed by atoms with Gasteiger partial charge in [0, 0.05) is 10.1 Å². The molecule has 2 heterocycles. The van der Waals surface area contributed by atoms with E-state index in [1.165, 1.54) is 15.1 Å². The lowest BCUT2D eigenvalue weighted by Gasteiger charge is -2.21. The van der Waals surface area contributed by atoms with Crippen LogP contribution in [-0.4, -0.2) is 17.0 Å². The van der Waals surface area contributed by atoms with Crippen LogP contribution in [0.3, 0.4) is 0 Å². The highest BCUT2D eigenvalue weighted by Gasteiger charge is 2.24. The van der Waals surface area contributed by atoms with Gasteiger partial charge in [-0.15, -0.1) is 11.3 Å². The number of hydrogen-bond donors (Lipinski definition) is 1. The van der Waals surface area contributed by atoms with E-state index in [1.54, 1.807) is 11.3 Å². The third kappa shape index (κ3) is 4.59. The third-order valence-corrected chi connectivity index (χ3v) is 5.37. The van der Waals surface area contributed by atoms with Crippen LogP contribution in [0, 0.1) is 5.41 Å². The van der Waals surface area contributed by atoms with Crippen LogP contribution in [0.1, 0.15) is 32.1 Å². The zero-order valence-corrected chi connectivity index (χ0v) is 14.2. The number of amidine groups is 1. The van der Waals surface area contributed by atoms with Crippen LogP contribution in [0.5, 0.6) is 0 Å². The number of hydrogen-bond acceptors (Lipinski definition) is 4. The molecule has 0 aromatic carbocycles. The van der Waals surface area contributed by atoms with Crippen molar-refractivity contribution in [2.45, 2.75) is 39.0 Å². The minimum absolute atomic E-state index is 0.390. The highest BCUT2D eigenvalue weighted by molar-refractivity contribution is 9.11. The van der Waals surface area contributed by atoms with Crippen LogP contribution in [0.2, 0.25) is 0 Å². The number of halogens is 1. The molecule has 18 heavy (non-hydrogen) atoms. The van der Waals surface area contributed by atoms with Gasteiger partial charge in [0.2, 0.25) is 0 Å². The van der Waals surface area contributed by atoms with Crippen molar-refractivity contribution >= 4 is 44.2 Å². The van der Waals surface area contributed by atoms with Gasteiger partial charge in [0.05, 0.1) is 16.9 Å². The first-order chi connectivity index (χ1) is 8.42. The smallest absolute Gasteiger partial charge is 0.157 e. The maximum absolute atomic E-state index is 4.58. The van der Waals surface area contributed by atoms with Gasteiger partial charge in [-0.2, -0.15) is 0 Å². The van der Waals surface area contributed by atoms with Crippen LogP contribution in [0.4, 0.5) is 0 Å². The second-order valence-electron chi connectivity index (χ2n) is 5.71. The summed E-state index contributed by atoms with van der Waals surface area (Å²) in [6.07, 6.45) is 1.22. The monoisotopic (exact) mass is 346 g/mol. The summed E-state index contributed by atoms with van der Waals surface area (Å²) in [6.45, 7) is 8.72. The number of thiophene rings is 1. The number of aliphatic imine (C=N–C) groups is 1. The molecule has 0 saturated carbocycles. The Labute approximate surface area is 126 Å². The molecule has 1 unspecified atom stereocenters. The standard InChI is InChI=1S/C13H19BrN2S2/c1-13(2,3)6-10-8-16-12(18-10)15-7-9-4-5-11(14)17-9/h4-5,10H,6-8H2,1-3H3,(H,15,16). The Bertz CT molecular complexity index is 434. The summed E-state index contributed by atoms with van der Waals surface area (Å²) < 4.78 is 1.19. The summed E-state index contributed by atoms with van der Waals surface area (Å²) in [5.41, 5.74) is 0.390. The van der Waals surface area contributed by atoms with E-state index >= 15 is 0 Å². The minimum atomic E-state index is 0.390. The molecule has 0 amide bonds. The van der Waals surface area contributed by atoms with Crippen molar-refractivity contribution in [1.82, 2.24) is 5.32 Å². The van der Waals surface area contributed by atoms with Gasteiger partial charge in [0.25, 0.3) is 0 Å². The highest BCUT2D eigenvalue weighted by Crippen LogP contribution is 2.31. The second kappa shape index (κ2) is 5.97. The fourth-order valence-corrected chi connectivity index (χ4v) is 4.69. The Morgan fingerprint density at radius 1 is 1.44 bits per heavy atom. The molecular weight excluding hydrogens is 328 g/mol. The molecule has 2 rings (SSSR count). The van der Waals surface area contributed by atoms with Crippen LogP contribution in [-0.2, 0) is 6.54 Å². The highest BCUT2D eigenvalue weighted by atomic mass is 79.9. The van der Waals surface area contributed by atoms with Crippen LogP contribution < -0.4 is 5.32 Å². The van der Waals surface area contributed by atoms with E-state index in [-0.39, 0.29) is 0 Å². The number of nitrogens with zero attached hydrogens (tertiary/aromatic N) is 1. The van der Waals surface area contributed by atoms with Crippen LogP contribution in [0.15, 0.2) is 20.9 Å². The normalized spacial score (nSPS) is 20.0. The molecule has 0 radical (unpaired) electrons. The lowest BCUT2D eigenvalue weighted by atomic mass is 9.90. The number of rotatable bonds is 3. The van der Waals surface area contributed by atoms with Crippen molar-refractivity contribution in [3.63, 3.8) is 0 Å². The van der Waals surface area contributed by atoms with Crippen molar-refractivity contribution in [2.24, 2.45) is 10.4 Å².